The van der Waals surface area contributed by atoms with Crippen molar-refractivity contribution in [2.24, 2.45) is 0 Å². The van der Waals surface area contributed by atoms with E-state index in [0.717, 1.165) is 46.1 Å². The molecule has 0 saturated carbocycles. The SMILES string of the molecule is O=C(Nc1ccc(C2CNCCO2)cc1)c1nccc2c1[nH]c1ccccc12. The summed E-state index contributed by atoms with van der Waals surface area (Å²) >= 11 is 0. The van der Waals surface area contributed by atoms with Gasteiger partial charge >= 0.3 is 0 Å². The summed E-state index contributed by atoms with van der Waals surface area (Å²) in [6.45, 7) is 2.40. The molecule has 1 saturated heterocycles. The molecule has 1 aliphatic rings. The number of hydrogen-bond donors (Lipinski definition) is 3. The Bertz CT molecular complexity index is 1140. The molecule has 0 spiro atoms. The number of anilines is 1. The maximum Gasteiger partial charge on any atom is 0.276 e. The number of carbonyl (C=O) groups excluding carboxylic acids is 1. The number of aromatic nitrogens is 2. The maximum absolute atomic E-state index is 12.9. The first-order valence-electron chi connectivity index (χ1n) is 9.39. The average Bonchev–Trinajstić information content (AvgIpc) is 3.14. The van der Waals surface area contributed by atoms with Crippen LogP contribution in [0.15, 0.2) is 60.8 Å². The Morgan fingerprint density at radius 2 is 1.93 bits per heavy atom. The van der Waals surface area contributed by atoms with Crippen LogP contribution in [0.25, 0.3) is 21.8 Å². The van der Waals surface area contributed by atoms with Gasteiger partial charge in [-0.2, -0.15) is 0 Å². The number of amides is 1. The number of nitrogens with zero attached hydrogens (tertiary/aromatic N) is 1. The van der Waals surface area contributed by atoms with Gasteiger partial charge in [0, 0.05) is 41.3 Å². The number of H-pyrrole nitrogens is 1. The Kier molecular flexibility index (Phi) is 4.27. The van der Waals surface area contributed by atoms with Crippen LogP contribution in [-0.4, -0.2) is 35.6 Å². The zero-order valence-electron chi connectivity index (χ0n) is 15.2. The molecular weight excluding hydrogens is 352 g/mol. The monoisotopic (exact) mass is 372 g/mol. The van der Waals surface area contributed by atoms with Gasteiger partial charge < -0.3 is 20.4 Å². The summed E-state index contributed by atoms with van der Waals surface area (Å²) in [6.07, 6.45) is 1.73. The number of rotatable bonds is 3. The van der Waals surface area contributed by atoms with Crippen molar-refractivity contribution in [2.45, 2.75) is 6.10 Å². The molecule has 0 radical (unpaired) electrons. The molecule has 1 aliphatic heterocycles. The van der Waals surface area contributed by atoms with Crippen molar-refractivity contribution >= 4 is 33.4 Å². The molecule has 1 fully saturated rings. The third-order valence-electron chi connectivity index (χ3n) is 5.11. The van der Waals surface area contributed by atoms with Gasteiger partial charge in [0.1, 0.15) is 0 Å². The van der Waals surface area contributed by atoms with E-state index in [1.807, 2.05) is 54.6 Å². The van der Waals surface area contributed by atoms with E-state index in [4.69, 9.17) is 4.74 Å². The number of aromatic amines is 1. The summed E-state index contributed by atoms with van der Waals surface area (Å²) in [6, 6.07) is 17.7. The standard InChI is InChI=1S/C22H20N4O2/c27-22(25-15-7-5-14(6-8-15)19-13-23-11-12-28-19)21-20-17(9-10-24-21)16-3-1-2-4-18(16)26-20/h1-10,19,23,26H,11-13H2,(H,25,27). The maximum atomic E-state index is 12.9. The third kappa shape index (κ3) is 3.02. The fraction of sp³-hybridized carbons (Fsp3) is 0.182. The van der Waals surface area contributed by atoms with Crippen LogP contribution < -0.4 is 10.6 Å². The molecule has 28 heavy (non-hydrogen) atoms. The number of morpholine rings is 1. The van der Waals surface area contributed by atoms with Crippen molar-refractivity contribution in [3.05, 3.63) is 72.1 Å². The molecule has 2 aromatic heterocycles. The summed E-state index contributed by atoms with van der Waals surface area (Å²) in [4.78, 5) is 20.5. The third-order valence-corrected chi connectivity index (χ3v) is 5.11. The van der Waals surface area contributed by atoms with E-state index in [1.54, 1.807) is 6.20 Å². The normalized spacial score (nSPS) is 17.1. The molecular formula is C22H20N4O2. The van der Waals surface area contributed by atoms with Gasteiger partial charge in [0.2, 0.25) is 0 Å². The van der Waals surface area contributed by atoms with Crippen LogP contribution >= 0.6 is 0 Å². The molecule has 0 bridgehead atoms. The van der Waals surface area contributed by atoms with Gasteiger partial charge in [-0.3, -0.25) is 4.79 Å². The zero-order chi connectivity index (χ0) is 18.9. The van der Waals surface area contributed by atoms with Gasteiger partial charge in [-0.1, -0.05) is 30.3 Å². The second-order valence-corrected chi connectivity index (χ2v) is 6.89. The Morgan fingerprint density at radius 3 is 2.75 bits per heavy atom. The average molecular weight is 372 g/mol. The van der Waals surface area contributed by atoms with Gasteiger partial charge in [0.05, 0.1) is 18.2 Å². The van der Waals surface area contributed by atoms with E-state index in [1.165, 1.54) is 0 Å². The smallest absolute Gasteiger partial charge is 0.276 e. The van der Waals surface area contributed by atoms with Crippen molar-refractivity contribution < 1.29 is 9.53 Å². The van der Waals surface area contributed by atoms with Crippen molar-refractivity contribution in [3.8, 4) is 0 Å². The topological polar surface area (TPSA) is 79.0 Å². The molecule has 140 valence electrons. The summed E-state index contributed by atoms with van der Waals surface area (Å²) in [5, 5.41) is 8.35. The summed E-state index contributed by atoms with van der Waals surface area (Å²) < 4.78 is 5.77. The Morgan fingerprint density at radius 1 is 1.07 bits per heavy atom. The minimum Gasteiger partial charge on any atom is -0.371 e. The molecule has 6 nitrogen and oxygen atoms in total. The lowest BCUT2D eigenvalue weighted by Gasteiger charge is -2.24. The highest BCUT2D eigenvalue weighted by Gasteiger charge is 2.17. The first-order valence-corrected chi connectivity index (χ1v) is 9.39. The van der Waals surface area contributed by atoms with Crippen molar-refractivity contribution in [3.63, 3.8) is 0 Å². The molecule has 3 heterocycles. The predicted octanol–water partition coefficient (Wildman–Crippen LogP) is 3.63. The largest absolute Gasteiger partial charge is 0.371 e. The highest BCUT2D eigenvalue weighted by molar-refractivity contribution is 6.16. The Hall–Kier alpha value is -3.22. The van der Waals surface area contributed by atoms with Crippen LogP contribution in [0.5, 0.6) is 0 Å². The Labute approximate surface area is 161 Å². The van der Waals surface area contributed by atoms with Gasteiger partial charge in [0.25, 0.3) is 5.91 Å². The first kappa shape index (κ1) is 16.9. The summed E-state index contributed by atoms with van der Waals surface area (Å²) in [5.41, 5.74) is 3.95. The van der Waals surface area contributed by atoms with Crippen LogP contribution in [0.4, 0.5) is 5.69 Å². The van der Waals surface area contributed by atoms with E-state index in [2.05, 4.69) is 20.6 Å². The van der Waals surface area contributed by atoms with E-state index in [-0.39, 0.29) is 12.0 Å². The molecule has 5 rings (SSSR count). The number of carbonyl (C=O) groups is 1. The number of ether oxygens (including phenoxy) is 1. The van der Waals surface area contributed by atoms with Crippen molar-refractivity contribution in [1.29, 1.82) is 0 Å². The molecule has 4 aromatic rings. The van der Waals surface area contributed by atoms with E-state index >= 15 is 0 Å². The summed E-state index contributed by atoms with van der Waals surface area (Å²) in [7, 11) is 0. The minimum atomic E-state index is -0.236. The van der Waals surface area contributed by atoms with Crippen molar-refractivity contribution in [1.82, 2.24) is 15.3 Å². The molecule has 6 heteroatoms. The van der Waals surface area contributed by atoms with Gasteiger partial charge in [0.15, 0.2) is 5.69 Å². The van der Waals surface area contributed by atoms with E-state index in [9.17, 15) is 4.79 Å². The van der Waals surface area contributed by atoms with Gasteiger partial charge in [-0.15, -0.1) is 0 Å². The second kappa shape index (κ2) is 7.07. The number of fused-ring (bicyclic) bond motifs is 3. The number of hydrogen-bond acceptors (Lipinski definition) is 4. The lowest BCUT2D eigenvalue weighted by molar-refractivity contribution is 0.0277. The number of benzene rings is 2. The zero-order valence-corrected chi connectivity index (χ0v) is 15.2. The van der Waals surface area contributed by atoms with E-state index in [0.29, 0.717) is 12.3 Å². The quantitative estimate of drug-likeness (QED) is 0.513. The van der Waals surface area contributed by atoms with Gasteiger partial charge in [-0.05, 0) is 29.8 Å². The lowest BCUT2D eigenvalue weighted by Crippen LogP contribution is -2.33. The minimum absolute atomic E-state index is 0.0558. The first-order chi connectivity index (χ1) is 13.8. The highest BCUT2D eigenvalue weighted by atomic mass is 16.5. The predicted molar refractivity (Wildman–Crippen MR) is 110 cm³/mol. The molecule has 1 atom stereocenters. The molecule has 3 N–H and O–H groups in total. The number of para-hydroxylation sites is 1. The molecule has 2 aromatic carbocycles. The second-order valence-electron chi connectivity index (χ2n) is 6.89. The molecule has 0 aliphatic carbocycles. The van der Waals surface area contributed by atoms with Crippen molar-refractivity contribution in [2.75, 3.05) is 25.0 Å². The van der Waals surface area contributed by atoms with Crippen LogP contribution in [0.1, 0.15) is 22.2 Å². The van der Waals surface area contributed by atoms with Gasteiger partial charge in [-0.25, -0.2) is 4.98 Å². The molecule has 1 unspecified atom stereocenters. The van der Waals surface area contributed by atoms with Crippen LogP contribution in [0.3, 0.4) is 0 Å². The Balaban J connectivity index is 1.41. The van der Waals surface area contributed by atoms with Crippen LogP contribution in [0.2, 0.25) is 0 Å². The fourth-order valence-corrected chi connectivity index (χ4v) is 3.70. The van der Waals surface area contributed by atoms with Crippen LogP contribution in [-0.2, 0) is 4.74 Å². The number of nitrogens with one attached hydrogen (secondary N) is 3. The van der Waals surface area contributed by atoms with Crippen LogP contribution in [0, 0.1) is 0 Å². The summed E-state index contributed by atoms with van der Waals surface area (Å²) in [5.74, 6) is -0.236. The fourth-order valence-electron chi connectivity index (χ4n) is 3.70. The highest BCUT2D eigenvalue weighted by Crippen LogP contribution is 2.27. The number of pyridine rings is 1. The lowest BCUT2D eigenvalue weighted by atomic mass is 10.1. The van der Waals surface area contributed by atoms with E-state index < -0.39 is 0 Å². The molecule has 1 amide bonds.